The molecule has 0 heterocycles. The van der Waals surface area contributed by atoms with E-state index in [-0.39, 0.29) is 11.2 Å². The molecule has 14 heavy (non-hydrogen) atoms. The van der Waals surface area contributed by atoms with Crippen LogP contribution in [-0.2, 0) is 5.41 Å². The van der Waals surface area contributed by atoms with E-state index in [2.05, 4.69) is 5.92 Å². The average molecular weight is 190 g/mol. The molecule has 72 valence electrons. The van der Waals surface area contributed by atoms with Crippen molar-refractivity contribution < 1.29 is 9.13 Å². The highest BCUT2D eigenvalue weighted by atomic mass is 19.1. The van der Waals surface area contributed by atoms with Crippen LogP contribution in [0, 0.1) is 18.2 Å². The van der Waals surface area contributed by atoms with Gasteiger partial charge in [0.2, 0.25) is 0 Å². The molecule has 1 aliphatic carbocycles. The molecule has 0 N–H and O–H groups in total. The second-order valence-corrected chi connectivity index (χ2v) is 3.57. The quantitative estimate of drug-likeness (QED) is 0.651. The van der Waals surface area contributed by atoms with Gasteiger partial charge in [0.25, 0.3) is 0 Å². The lowest BCUT2D eigenvalue weighted by Crippen LogP contribution is -2.05. The summed E-state index contributed by atoms with van der Waals surface area (Å²) in [4.78, 5) is 0. The number of rotatable bonds is 2. The van der Waals surface area contributed by atoms with Crippen molar-refractivity contribution in [2.45, 2.75) is 18.3 Å². The van der Waals surface area contributed by atoms with Crippen LogP contribution in [-0.4, -0.2) is 7.11 Å². The van der Waals surface area contributed by atoms with Gasteiger partial charge in [-0.2, -0.15) is 0 Å². The Balaban J connectivity index is 2.51. The molecule has 1 aromatic rings. The molecule has 0 spiro atoms. The Morgan fingerprint density at radius 1 is 1.50 bits per heavy atom. The third kappa shape index (κ3) is 1.26. The van der Waals surface area contributed by atoms with E-state index >= 15 is 0 Å². The van der Waals surface area contributed by atoms with Crippen LogP contribution in [0.15, 0.2) is 18.2 Å². The minimum absolute atomic E-state index is 0.262. The summed E-state index contributed by atoms with van der Waals surface area (Å²) in [6.07, 6.45) is 7.29. The standard InChI is InChI=1S/C12H11FO/c1-3-12(6-7-12)10-8-9(13)4-5-11(10)14-2/h1,4-5,8H,6-7H2,2H3. The van der Waals surface area contributed by atoms with Gasteiger partial charge in [-0.1, -0.05) is 5.92 Å². The molecule has 0 aliphatic heterocycles. The van der Waals surface area contributed by atoms with E-state index in [4.69, 9.17) is 11.2 Å². The summed E-state index contributed by atoms with van der Waals surface area (Å²) in [5, 5.41) is 0. The van der Waals surface area contributed by atoms with E-state index in [0.717, 1.165) is 18.4 Å². The third-order valence-electron chi connectivity index (χ3n) is 2.70. The number of methoxy groups -OCH3 is 1. The molecule has 0 aromatic heterocycles. The van der Waals surface area contributed by atoms with Gasteiger partial charge in [-0.15, -0.1) is 6.42 Å². The van der Waals surface area contributed by atoms with E-state index in [0.29, 0.717) is 5.75 Å². The lowest BCUT2D eigenvalue weighted by molar-refractivity contribution is 0.406. The normalized spacial score (nSPS) is 17.2. The van der Waals surface area contributed by atoms with E-state index in [9.17, 15) is 4.39 Å². The zero-order valence-corrected chi connectivity index (χ0v) is 8.01. The number of terminal acetylenes is 1. The van der Waals surface area contributed by atoms with Crippen molar-refractivity contribution in [3.63, 3.8) is 0 Å². The Bertz CT molecular complexity index is 399. The minimum Gasteiger partial charge on any atom is -0.496 e. The van der Waals surface area contributed by atoms with Crippen LogP contribution in [0.3, 0.4) is 0 Å². The molecule has 1 saturated carbocycles. The topological polar surface area (TPSA) is 9.23 Å². The van der Waals surface area contributed by atoms with Crippen molar-refractivity contribution in [2.75, 3.05) is 7.11 Å². The fraction of sp³-hybridized carbons (Fsp3) is 0.333. The maximum Gasteiger partial charge on any atom is 0.123 e. The van der Waals surface area contributed by atoms with Gasteiger partial charge in [0, 0.05) is 5.56 Å². The second-order valence-electron chi connectivity index (χ2n) is 3.57. The fourth-order valence-corrected chi connectivity index (χ4v) is 1.67. The number of halogens is 1. The second kappa shape index (κ2) is 3.02. The van der Waals surface area contributed by atoms with Crippen LogP contribution in [0.5, 0.6) is 5.75 Å². The highest BCUT2D eigenvalue weighted by Gasteiger charge is 2.44. The first kappa shape index (κ1) is 9.08. The number of ether oxygens (including phenoxy) is 1. The van der Waals surface area contributed by atoms with Crippen molar-refractivity contribution in [3.8, 4) is 18.1 Å². The van der Waals surface area contributed by atoms with Gasteiger partial charge < -0.3 is 4.74 Å². The van der Waals surface area contributed by atoms with Crippen LogP contribution < -0.4 is 4.74 Å². The van der Waals surface area contributed by atoms with Crippen LogP contribution in [0.25, 0.3) is 0 Å². The molecule has 1 nitrogen and oxygen atoms in total. The summed E-state index contributed by atoms with van der Waals surface area (Å²) in [6, 6.07) is 4.49. The largest absolute Gasteiger partial charge is 0.496 e. The van der Waals surface area contributed by atoms with Gasteiger partial charge in [-0.3, -0.25) is 0 Å². The fourth-order valence-electron chi connectivity index (χ4n) is 1.67. The lowest BCUT2D eigenvalue weighted by atomic mass is 9.96. The first-order valence-corrected chi connectivity index (χ1v) is 4.54. The molecule has 2 rings (SSSR count). The van der Waals surface area contributed by atoms with Crippen molar-refractivity contribution in [3.05, 3.63) is 29.6 Å². The Kier molecular flexibility index (Phi) is 1.96. The Labute approximate surface area is 82.9 Å². The Morgan fingerprint density at radius 3 is 2.71 bits per heavy atom. The molecular formula is C12H11FO. The van der Waals surface area contributed by atoms with Gasteiger partial charge in [0.05, 0.1) is 12.5 Å². The molecule has 2 heteroatoms. The lowest BCUT2D eigenvalue weighted by Gasteiger charge is -2.13. The summed E-state index contributed by atoms with van der Waals surface area (Å²) >= 11 is 0. The van der Waals surface area contributed by atoms with Crippen LogP contribution in [0.2, 0.25) is 0 Å². The first-order valence-electron chi connectivity index (χ1n) is 4.54. The van der Waals surface area contributed by atoms with E-state index in [1.54, 1.807) is 13.2 Å². The zero-order chi connectivity index (χ0) is 10.2. The third-order valence-corrected chi connectivity index (χ3v) is 2.70. The van der Waals surface area contributed by atoms with Crippen molar-refractivity contribution in [1.82, 2.24) is 0 Å². The molecule has 0 atom stereocenters. The predicted octanol–water partition coefficient (Wildman–Crippen LogP) is 2.50. The highest BCUT2D eigenvalue weighted by molar-refractivity contribution is 5.49. The van der Waals surface area contributed by atoms with Gasteiger partial charge in [-0.25, -0.2) is 4.39 Å². The van der Waals surface area contributed by atoms with Gasteiger partial charge in [0.1, 0.15) is 11.6 Å². The van der Waals surface area contributed by atoms with Crippen LogP contribution in [0.4, 0.5) is 4.39 Å². The van der Waals surface area contributed by atoms with E-state index < -0.39 is 0 Å². The highest BCUT2D eigenvalue weighted by Crippen LogP contribution is 2.50. The summed E-state index contributed by atoms with van der Waals surface area (Å²) in [6.45, 7) is 0. The monoisotopic (exact) mass is 190 g/mol. The zero-order valence-electron chi connectivity index (χ0n) is 8.01. The molecule has 0 saturated heterocycles. The molecular weight excluding hydrogens is 179 g/mol. The maximum atomic E-state index is 13.1. The molecule has 0 radical (unpaired) electrons. The predicted molar refractivity (Wildman–Crippen MR) is 52.7 cm³/mol. The maximum absolute atomic E-state index is 13.1. The number of benzene rings is 1. The summed E-state index contributed by atoms with van der Waals surface area (Å²) in [7, 11) is 1.57. The van der Waals surface area contributed by atoms with Crippen molar-refractivity contribution in [2.24, 2.45) is 0 Å². The smallest absolute Gasteiger partial charge is 0.123 e. The van der Waals surface area contributed by atoms with Gasteiger partial charge in [-0.05, 0) is 31.0 Å². The van der Waals surface area contributed by atoms with E-state index in [1.807, 2.05) is 0 Å². The molecule has 0 amide bonds. The van der Waals surface area contributed by atoms with Crippen molar-refractivity contribution in [1.29, 1.82) is 0 Å². The average Bonchev–Trinajstić information content (AvgIpc) is 2.98. The van der Waals surface area contributed by atoms with Gasteiger partial charge in [0.15, 0.2) is 0 Å². The summed E-state index contributed by atoms with van der Waals surface area (Å²) < 4.78 is 18.2. The van der Waals surface area contributed by atoms with Crippen LogP contribution >= 0.6 is 0 Å². The first-order chi connectivity index (χ1) is 6.72. The Morgan fingerprint density at radius 2 is 2.21 bits per heavy atom. The molecule has 1 fully saturated rings. The number of hydrogen-bond acceptors (Lipinski definition) is 1. The summed E-state index contributed by atoms with van der Waals surface area (Å²) in [5.74, 6) is 3.14. The summed E-state index contributed by atoms with van der Waals surface area (Å²) in [5.41, 5.74) is 0.537. The Hall–Kier alpha value is -1.49. The van der Waals surface area contributed by atoms with Gasteiger partial charge >= 0.3 is 0 Å². The molecule has 1 aliphatic rings. The molecule has 0 bridgehead atoms. The number of hydrogen-bond donors (Lipinski definition) is 0. The SMILES string of the molecule is C#CC1(c2cc(F)ccc2OC)CC1. The molecule has 1 aromatic carbocycles. The molecule has 0 unspecified atom stereocenters. The minimum atomic E-state index is -0.270. The van der Waals surface area contributed by atoms with Crippen LogP contribution in [0.1, 0.15) is 18.4 Å². The van der Waals surface area contributed by atoms with E-state index in [1.165, 1.54) is 12.1 Å². The van der Waals surface area contributed by atoms with Crippen molar-refractivity contribution >= 4 is 0 Å².